The molecule has 0 unspecified atom stereocenters. The van der Waals surface area contributed by atoms with Crippen LogP contribution < -0.4 is 0 Å². The van der Waals surface area contributed by atoms with E-state index in [0.717, 1.165) is 0 Å². The van der Waals surface area contributed by atoms with Gasteiger partial charge < -0.3 is 4.57 Å². The number of nitrogens with zero attached hydrogens (tertiary/aromatic N) is 1. The molecule has 0 radical (unpaired) electrons. The van der Waals surface area contributed by atoms with Crippen molar-refractivity contribution in [2.45, 2.75) is 19.3 Å². The second-order valence-corrected chi connectivity index (χ2v) is 11.8. The van der Waals surface area contributed by atoms with Crippen LogP contribution in [0.2, 0.25) is 0 Å². The molecule has 1 heteroatoms. The summed E-state index contributed by atoms with van der Waals surface area (Å²) < 4.78 is 2.50. The third kappa shape index (κ3) is 2.72. The SMILES string of the molecule is CC1(C)c2ccccc2-c2c1c1ccc(-c3ccc4ccc5cccc6ccc3c4c56)cc1n2-c1ccccc1. The van der Waals surface area contributed by atoms with Crippen LogP contribution in [0.15, 0.2) is 127 Å². The molecule has 0 saturated carbocycles. The number of fused-ring (bicyclic) bond motifs is 5. The Labute approximate surface area is 233 Å². The van der Waals surface area contributed by atoms with E-state index in [1.807, 2.05) is 0 Å². The molecule has 0 aliphatic heterocycles. The molecule has 0 N–H and O–H groups in total. The van der Waals surface area contributed by atoms with Gasteiger partial charge in [-0.3, -0.25) is 0 Å². The highest BCUT2D eigenvalue weighted by molar-refractivity contribution is 6.25. The molecule has 1 aliphatic carbocycles. The van der Waals surface area contributed by atoms with Crippen molar-refractivity contribution in [3.8, 4) is 28.1 Å². The Morgan fingerprint density at radius 1 is 0.525 bits per heavy atom. The molecule has 188 valence electrons. The summed E-state index contributed by atoms with van der Waals surface area (Å²) in [6, 6.07) is 47.3. The summed E-state index contributed by atoms with van der Waals surface area (Å²) in [4.78, 5) is 0. The molecule has 1 heterocycles. The lowest BCUT2D eigenvalue weighted by atomic mass is 9.81. The monoisotopic (exact) mass is 509 g/mol. The van der Waals surface area contributed by atoms with E-state index in [1.165, 1.54) is 82.4 Å². The van der Waals surface area contributed by atoms with Crippen LogP contribution in [-0.2, 0) is 5.41 Å². The third-order valence-corrected chi connectivity index (χ3v) is 9.30. The molecule has 1 nitrogen and oxygen atoms in total. The molecule has 40 heavy (non-hydrogen) atoms. The van der Waals surface area contributed by atoms with Gasteiger partial charge in [0, 0.05) is 22.1 Å². The lowest BCUT2D eigenvalue weighted by Gasteiger charge is -2.21. The fourth-order valence-electron chi connectivity index (χ4n) is 7.54. The number of benzene rings is 7. The minimum atomic E-state index is -0.0707. The Hall–Kier alpha value is -4.88. The number of hydrogen-bond acceptors (Lipinski definition) is 0. The number of hydrogen-bond donors (Lipinski definition) is 0. The van der Waals surface area contributed by atoms with Gasteiger partial charge in [0.25, 0.3) is 0 Å². The maximum absolute atomic E-state index is 2.50. The molecule has 0 bridgehead atoms. The largest absolute Gasteiger partial charge is 0.309 e. The molecule has 9 rings (SSSR count). The van der Waals surface area contributed by atoms with E-state index in [0.29, 0.717) is 0 Å². The van der Waals surface area contributed by atoms with Crippen LogP contribution in [0.5, 0.6) is 0 Å². The van der Waals surface area contributed by atoms with Crippen LogP contribution in [0.25, 0.3) is 71.3 Å². The molecule has 7 aromatic carbocycles. The van der Waals surface area contributed by atoms with E-state index >= 15 is 0 Å². The Bertz CT molecular complexity index is 2270. The summed E-state index contributed by atoms with van der Waals surface area (Å²) in [6.07, 6.45) is 0. The highest BCUT2D eigenvalue weighted by atomic mass is 15.0. The lowest BCUT2D eigenvalue weighted by molar-refractivity contribution is 0.666. The zero-order chi connectivity index (χ0) is 26.6. The molecule has 0 spiro atoms. The van der Waals surface area contributed by atoms with E-state index in [2.05, 4.69) is 146 Å². The molecule has 1 aromatic heterocycles. The minimum Gasteiger partial charge on any atom is -0.309 e. The molecule has 0 amide bonds. The molecular formula is C39H27N. The van der Waals surface area contributed by atoms with Crippen molar-refractivity contribution in [3.05, 3.63) is 139 Å². The van der Waals surface area contributed by atoms with Crippen LogP contribution in [-0.4, -0.2) is 4.57 Å². The van der Waals surface area contributed by atoms with Crippen LogP contribution in [0.3, 0.4) is 0 Å². The Morgan fingerprint density at radius 3 is 2.02 bits per heavy atom. The predicted molar refractivity (Wildman–Crippen MR) is 170 cm³/mol. The molecule has 8 aromatic rings. The van der Waals surface area contributed by atoms with Crippen molar-refractivity contribution in [3.63, 3.8) is 0 Å². The van der Waals surface area contributed by atoms with Crippen molar-refractivity contribution in [1.82, 2.24) is 4.57 Å². The first-order valence-electron chi connectivity index (χ1n) is 14.1. The topological polar surface area (TPSA) is 4.93 Å². The number of para-hydroxylation sites is 1. The molecule has 0 saturated heterocycles. The average molecular weight is 510 g/mol. The summed E-state index contributed by atoms with van der Waals surface area (Å²) in [6.45, 7) is 4.75. The van der Waals surface area contributed by atoms with Crippen LogP contribution in [0, 0.1) is 0 Å². The fourth-order valence-corrected chi connectivity index (χ4v) is 7.54. The van der Waals surface area contributed by atoms with Gasteiger partial charge in [0.2, 0.25) is 0 Å². The van der Waals surface area contributed by atoms with Gasteiger partial charge in [0.15, 0.2) is 0 Å². The third-order valence-electron chi connectivity index (χ3n) is 9.30. The van der Waals surface area contributed by atoms with E-state index in [-0.39, 0.29) is 5.41 Å². The van der Waals surface area contributed by atoms with Gasteiger partial charge in [-0.05, 0) is 72.8 Å². The van der Waals surface area contributed by atoms with Crippen molar-refractivity contribution >= 4 is 43.2 Å². The highest BCUT2D eigenvalue weighted by Gasteiger charge is 2.40. The smallest absolute Gasteiger partial charge is 0.0584 e. The Morgan fingerprint density at radius 2 is 1.20 bits per heavy atom. The van der Waals surface area contributed by atoms with Crippen molar-refractivity contribution in [2.75, 3.05) is 0 Å². The maximum atomic E-state index is 2.50. The average Bonchev–Trinajstić information content (AvgIpc) is 3.46. The van der Waals surface area contributed by atoms with Gasteiger partial charge in [0.1, 0.15) is 0 Å². The van der Waals surface area contributed by atoms with Crippen molar-refractivity contribution in [2.24, 2.45) is 0 Å². The zero-order valence-corrected chi connectivity index (χ0v) is 22.6. The number of aromatic nitrogens is 1. The Kier molecular flexibility index (Phi) is 4.18. The van der Waals surface area contributed by atoms with Crippen LogP contribution >= 0.6 is 0 Å². The van der Waals surface area contributed by atoms with E-state index < -0.39 is 0 Å². The summed E-state index contributed by atoms with van der Waals surface area (Å²) in [5, 5.41) is 9.29. The molecular weight excluding hydrogens is 482 g/mol. The lowest BCUT2D eigenvalue weighted by Crippen LogP contribution is -2.14. The second kappa shape index (κ2) is 7.61. The maximum Gasteiger partial charge on any atom is 0.0584 e. The van der Waals surface area contributed by atoms with E-state index in [1.54, 1.807) is 0 Å². The summed E-state index contributed by atoms with van der Waals surface area (Å²) in [5.74, 6) is 0. The second-order valence-electron chi connectivity index (χ2n) is 11.8. The van der Waals surface area contributed by atoms with Gasteiger partial charge in [-0.25, -0.2) is 0 Å². The molecule has 0 fully saturated rings. The van der Waals surface area contributed by atoms with Crippen LogP contribution in [0.1, 0.15) is 25.0 Å². The minimum absolute atomic E-state index is 0.0707. The fraction of sp³-hybridized carbons (Fsp3) is 0.0769. The normalized spacial score (nSPS) is 13.9. The first kappa shape index (κ1) is 22.0. The van der Waals surface area contributed by atoms with Gasteiger partial charge >= 0.3 is 0 Å². The van der Waals surface area contributed by atoms with Crippen LogP contribution in [0.4, 0.5) is 0 Å². The van der Waals surface area contributed by atoms with Crippen molar-refractivity contribution in [1.29, 1.82) is 0 Å². The van der Waals surface area contributed by atoms with Gasteiger partial charge in [-0.15, -0.1) is 0 Å². The van der Waals surface area contributed by atoms with E-state index in [4.69, 9.17) is 0 Å². The quantitative estimate of drug-likeness (QED) is 0.204. The standard InChI is InChI=1S/C39H27N/c1-39(2)33-14-7-6-13-31(33)38-37(39)32-22-19-27(23-34(32)40(38)28-11-4-3-5-12-28)29-20-17-26-16-15-24-9-8-10-25-18-21-30(29)36(26)35(24)25/h3-23H,1-2H3. The zero-order valence-electron chi connectivity index (χ0n) is 22.6. The summed E-state index contributed by atoms with van der Waals surface area (Å²) in [5.41, 5.74) is 10.4. The van der Waals surface area contributed by atoms with Gasteiger partial charge in [0.05, 0.1) is 11.2 Å². The van der Waals surface area contributed by atoms with Gasteiger partial charge in [-0.1, -0.05) is 123 Å². The highest BCUT2D eigenvalue weighted by Crippen LogP contribution is 2.54. The molecule has 0 atom stereocenters. The summed E-state index contributed by atoms with van der Waals surface area (Å²) in [7, 11) is 0. The Balaban J connectivity index is 1.38. The predicted octanol–water partition coefficient (Wildman–Crippen LogP) is 10.5. The summed E-state index contributed by atoms with van der Waals surface area (Å²) >= 11 is 0. The van der Waals surface area contributed by atoms with Crippen molar-refractivity contribution < 1.29 is 0 Å². The number of rotatable bonds is 2. The van der Waals surface area contributed by atoms with E-state index in [9.17, 15) is 0 Å². The van der Waals surface area contributed by atoms with Gasteiger partial charge in [-0.2, -0.15) is 0 Å². The molecule has 1 aliphatic rings. The first-order valence-corrected chi connectivity index (χ1v) is 14.1. The first-order chi connectivity index (χ1) is 19.6.